The Hall–Kier alpha value is -2.04. The first kappa shape index (κ1) is 17.0. The summed E-state index contributed by atoms with van der Waals surface area (Å²) in [6.07, 6.45) is 1.39. The number of amides is 2. The van der Waals surface area contributed by atoms with E-state index >= 15 is 0 Å². The van der Waals surface area contributed by atoms with Crippen molar-refractivity contribution in [2.24, 2.45) is 10.8 Å². The fourth-order valence-corrected chi connectivity index (χ4v) is 2.15. The number of nitrogens with zero attached hydrogens (tertiary/aromatic N) is 1. The van der Waals surface area contributed by atoms with Crippen molar-refractivity contribution in [2.45, 2.75) is 6.92 Å². The highest BCUT2D eigenvalue weighted by atomic mass is 127. The second-order valence-electron chi connectivity index (χ2n) is 3.68. The summed E-state index contributed by atoms with van der Waals surface area (Å²) in [5.74, 6) is -0.337. The van der Waals surface area contributed by atoms with Gasteiger partial charge in [0.05, 0.1) is 16.4 Å². The third kappa shape index (κ3) is 5.85. The molecule has 0 unspecified atom stereocenters. The van der Waals surface area contributed by atoms with Gasteiger partial charge in [-0.3, -0.25) is 0 Å². The van der Waals surface area contributed by atoms with E-state index in [1.54, 1.807) is 19.1 Å². The molecule has 0 aliphatic carbocycles. The van der Waals surface area contributed by atoms with Crippen LogP contribution in [0, 0.1) is 3.57 Å². The van der Waals surface area contributed by atoms with Gasteiger partial charge in [0, 0.05) is 0 Å². The Morgan fingerprint density at radius 2 is 2.19 bits per heavy atom. The number of carboxylic acids is 1. The lowest BCUT2D eigenvalue weighted by Crippen LogP contribution is -2.24. The number of primary amides is 1. The van der Waals surface area contributed by atoms with Crippen LogP contribution in [0.2, 0.25) is 0 Å². The van der Waals surface area contributed by atoms with Gasteiger partial charge >= 0.3 is 12.0 Å². The SMILES string of the molecule is CCOc1cc(C=NNC(N)=O)cc(I)c1OCC(=O)O. The van der Waals surface area contributed by atoms with Gasteiger partial charge in [0.25, 0.3) is 0 Å². The summed E-state index contributed by atoms with van der Waals surface area (Å²) < 4.78 is 11.3. The molecule has 1 aromatic rings. The Balaban J connectivity index is 3.02. The maximum absolute atomic E-state index is 10.6. The van der Waals surface area contributed by atoms with Crippen LogP contribution in [0.15, 0.2) is 17.2 Å². The van der Waals surface area contributed by atoms with Gasteiger partial charge < -0.3 is 20.3 Å². The van der Waals surface area contributed by atoms with Crippen molar-refractivity contribution in [2.75, 3.05) is 13.2 Å². The zero-order chi connectivity index (χ0) is 15.8. The van der Waals surface area contributed by atoms with Crippen LogP contribution in [0.25, 0.3) is 0 Å². The number of hydrogen-bond acceptors (Lipinski definition) is 5. The number of aliphatic carboxylic acids is 1. The molecule has 0 radical (unpaired) electrons. The highest BCUT2D eigenvalue weighted by molar-refractivity contribution is 14.1. The first-order valence-electron chi connectivity index (χ1n) is 5.83. The minimum Gasteiger partial charge on any atom is -0.490 e. The maximum Gasteiger partial charge on any atom is 0.341 e. The summed E-state index contributed by atoms with van der Waals surface area (Å²) in [7, 11) is 0. The second kappa shape index (κ2) is 8.29. The molecule has 0 fully saturated rings. The van der Waals surface area contributed by atoms with Gasteiger partial charge in [0.1, 0.15) is 0 Å². The molecule has 0 spiro atoms. The Morgan fingerprint density at radius 1 is 1.48 bits per heavy atom. The number of urea groups is 1. The molecule has 1 aromatic carbocycles. The van der Waals surface area contributed by atoms with Crippen molar-refractivity contribution >= 4 is 40.8 Å². The first-order chi connectivity index (χ1) is 9.93. The van der Waals surface area contributed by atoms with Gasteiger partial charge in [-0.2, -0.15) is 5.10 Å². The van der Waals surface area contributed by atoms with Gasteiger partial charge in [0.15, 0.2) is 18.1 Å². The minimum absolute atomic E-state index is 0.347. The average Bonchev–Trinajstić information content (AvgIpc) is 2.37. The molecule has 0 aromatic heterocycles. The Morgan fingerprint density at radius 3 is 2.76 bits per heavy atom. The third-order valence-electron chi connectivity index (χ3n) is 2.06. The Labute approximate surface area is 134 Å². The number of carboxylic acid groups (broad SMARTS) is 1. The van der Waals surface area contributed by atoms with Crippen molar-refractivity contribution in [1.29, 1.82) is 0 Å². The molecule has 0 heterocycles. The van der Waals surface area contributed by atoms with E-state index in [9.17, 15) is 9.59 Å². The van der Waals surface area contributed by atoms with Crippen molar-refractivity contribution < 1.29 is 24.2 Å². The number of rotatable bonds is 7. The molecule has 0 atom stereocenters. The quantitative estimate of drug-likeness (QED) is 0.356. The van der Waals surface area contributed by atoms with E-state index in [1.165, 1.54) is 6.21 Å². The zero-order valence-electron chi connectivity index (χ0n) is 11.1. The van der Waals surface area contributed by atoms with E-state index in [-0.39, 0.29) is 0 Å². The molecule has 21 heavy (non-hydrogen) atoms. The van der Waals surface area contributed by atoms with Crippen LogP contribution in [0.4, 0.5) is 4.79 Å². The Kier molecular flexibility index (Phi) is 6.72. The fourth-order valence-electron chi connectivity index (χ4n) is 1.37. The number of benzene rings is 1. The number of nitrogens with one attached hydrogen (secondary N) is 1. The smallest absolute Gasteiger partial charge is 0.341 e. The van der Waals surface area contributed by atoms with Gasteiger partial charge in [-0.05, 0) is 47.2 Å². The number of hydrazone groups is 1. The summed E-state index contributed by atoms with van der Waals surface area (Å²) in [5, 5.41) is 12.3. The monoisotopic (exact) mass is 407 g/mol. The zero-order valence-corrected chi connectivity index (χ0v) is 13.3. The molecule has 0 aliphatic rings. The third-order valence-corrected chi connectivity index (χ3v) is 2.86. The fraction of sp³-hybridized carbons (Fsp3) is 0.250. The normalized spacial score (nSPS) is 10.4. The Bertz CT molecular complexity index is 562. The molecule has 2 amide bonds. The first-order valence-corrected chi connectivity index (χ1v) is 6.91. The highest BCUT2D eigenvalue weighted by Crippen LogP contribution is 2.33. The van der Waals surface area contributed by atoms with E-state index in [4.69, 9.17) is 20.3 Å². The molecule has 4 N–H and O–H groups in total. The number of carbonyl (C=O) groups is 2. The lowest BCUT2D eigenvalue weighted by atomic mass is 10.2. The average molecular weight is 407 g/mol. The summed E-state index contributed by atoms with van der Waals surface area (Å²) >= 11 is 1.99. The van der Waals surface area contributed by atoms with Gasteiger partial charge in [-0.1, -0.05) is 0 Å². The molecular weight excluding hydrogens is 393 g/mol. The summed E-state index contributed by atoms with van der Waals surface area (Å²) in [6.45, 7) is 1.72. The van der Waals surface area contributed by atoms with Crippen LogP contribution in [0.1, 0.15) is 12.5 Å². The molecule has 1 rings (SSSR count). The standard InChI is InChI=1S/C12H14IN3O5/c1-2-20-9-4-7(5-15-16-12(14)19)3-8(13)11(9)21-6-10(17)18/h3-5H,2,6H2,1H3,(H,17,18)(H3,14,16,19). The lowest BCUT2D eigenvalue weighted by molar-refractivity contribution is -0.139. The van der Waals surface area contributed by atoms with Crippen LogP contribution in [-0.2, 0) is 4.79 Å². The van der Waals surface area contributed by atoms with Gasteiger partial charge in [-0.15, -0.1) is 0 Å². The molecule has 114 valence electrons. The molecule has 0 bridgehead atoms. The number of nitrogens with two attached hydrogens (primary N) is 1. The van der Waals surface area contributed by atoms with E-state index in [1.807, 2.05) is 22.6 Å². The minimum atomic E-state index is -1.08. The maximum atomic E-state index is 10.6. The number of carbonyl (C=O) groups excluding carboxylic acids is 1. The van der Waals surface area contributed by atoms with Crippen molar-refractivity contribution in [3.8, 4) is 11.5 Å². The molecule has 0 saturated heterocycles. The van der Waals surface area contributed by atoms with E-state index in [0.717, 1.165) is 0 Å². The van der Waals surface area contributed by atoms with Crippen LogP contribution < -0.4 is 20.6 Å². The number of halogens is 1. The van der Waals surface area contributed by atoms with Crippen molar-refractivity contribution in [3.63, 3.8) is 0 Å². The van der Waals surface area contributed by atoms with Crippen LogP contribution >= 0.6 is 22.6 Å². The number of ether oxygens (including phenoxy) is 2. The topological polar surface area (TPSA) is 123 Å². The van der Waals surface area contributed by atoms with E-state index < -0.39 is 18.6 Å². The molecule has 0 saturated carbocycles. The predicted molar refractivity (Wildman–Crippen MR) is 83.8 cm³/mol. The molecule has 0 aliphatic heterocycles. The number of hydrogen-bond donors (Lipinski definition) is 3. The van der Waals surface area contributed by atoms with Crippen LogP contribution in [0.5, 0.6) is 11.5 Å². The summed E-state index contributed by atoms with van der Waals surface area (Å²) in [6, 6.07) is 2.55. The van der Waals surface area contributed by atoms with Crippen molar-refractivity contribution in [3.05, 3.63) is 21.3 Å². The molecule has 8 nitrogen and oxygen atoms in total. The molecule has 9 heteroatoms. The predicted octanol–water partition coefficient (Wildman–Crippen LogP) is 1.16. The lowest BCUT2D eigenvalue weighted by Gasteiger charge is -2.13. The van der Waals surface area contributed by atoms with E-state index in [2.05, 4.69) is 10.5 Å². The second-order valence-corrected chi connectivity index (χ2v) is 4.84. The van der Waals surface area contributed by atoms with Gasteiger partial charge in [-0.25, -0.2) is 15.0 Å². The van der Waals surface area contributed by atoms with Gasteiger partial charge in [0.2, 0.25) is 0 Å². The van der Waals surface area contributed by atoms with Crippen molar-refractivity contribution in [1.82, 2.24) is 5.43 Å². The largest absolute Gasteiger partial charge is 0.490 e. The summed E-state index contributed by atoms with van der Waals surface area (Å²) in [5.41, 5.74) is 7.60. The van der Waals surface area contributed by atoms with Crippen LogP contribution in [0.3, 0.4) is 0 Å². The molecular formula is C12H14IN3O5. The van der Waals surface area contributed by atoms with E-state index in [0.29, 0.717) is 27.2 Å². The highest BCUT2D eigenvalue weighted by Gasteiger charge is 2.13. The summed E-state index contributed by atoms with van der Waals surface area (Å²) in [4.78, 5) is 21.1. The van der Waals surface area contributed by atoms with Crippen LogP contribution in [-0.4, -0.2) is 36.5 Å².